The SMILES string of the molecule is Oc1ccc(CCCc2nc(Cc3ccccc3)nc(Nc3cccc(Nc4nc(NCCc5ccc(O)cc5)nc(Nc5ccccc5)n4)c3)n2)cc1. The Morgan fingerprint density at radius 1 is 0.407 bits per heavy atom. The van der Waals surface area contributed by atoms with E-state index < -0.39 is 0 Å². The highest BCUT2D eigenvalue weighted by atomic mass is 16.3. The summed E-state index contributed by atoms with van der Waals surface area (Å²) in [6.45, 7) is 0.579. The molecule has 2 heterocycles. The molecule has 12 heteroatoms. The monoisotopic (exact) mass is 716 g/mol. The number of rotatable bonds is 16. The summed E-state index contributed by atoms with van der Waals surface area (Å²) in [6.07, 6.45) is 3.65. The molecule has 0 aliphatic heterocycles. The van der Waals surface area contributed by atoms with Gasteiger partial charge < -0.3 is 31.5 Å². The summed E-state index contributed by atoms with van der Waals surface area (Å²) >= 11 is 0. The lowest BCUT2D eigenvalue weighted by Crippen LogP contribution is -2.12. The number of hydrogen-bond acceptors (Lipinski definition) is 12. The zero-order chi connectivity index (χ0) is 37.0. The Hall–Kier alpha value is -7.08. The minimum absolute atomic E-state index is 0.236. The lowest BCUT2D eigenvalue weighted by atomic mass is 10.1. The fourth-order valence-electron chi connectivity index (χ4n) is 5.74. The van der Waals surface area contributed by atoms with Crippen molar-refractivity contribution >= 4 is 40.9 Å². The van der Waals surface area contributed by atoms with Crippen LogP contribution in [0.2, 0.25) is 0 Å². The fraction of sp³-hybridized carbons (Fsp3) is 0.143. The Kier molecular flexibility index (Phi) is 11.4. The van der Waals surface area contributed by atoms with Crippen LogP contribution in [0.15, 0.2) is 133 Å². The molecule has 0 spiro atoms. The maximum atomic E-state index is 9.64. The Morgan fingerprint density at radius 2 is 0.926 bits per heavy atom. The van der Waals surface area contributed by atoms with Crippen LogP contribution in [-0.2, 0) is 25.7 Å². The van der Waals surface area contributed by atoms with Crippen LogP contribution in [0.4, 0.5) is 40.9 Å². The Labute approximate surface area is 313 Å². The van der Waals surface area contributed by atoms with Crippen molar-refractivity contribution in [2.24, 2.45) is 0 Å². The Morgan fingerprint density at radius 3 is 1.57 bits per heavy atom. The van der Waals surface area contributed by atoms with Crippen molar-refractivity contribution in [3.8, 4) is 11.5 Å². The lowest BCUT2D eigenvalue weighted by Gasteiger charge is -2.13. The number of benzene rings is 5. The maximum Gasteiger partial charge on any atom is 0.233 e. The normalized spacial score (nSPS) is 10.8. The van der Waals surface area contributed by atoms with Crippen LogP contribution < -0.4 is 21.3 Å². The van der Waals surface area contributed by atoms with Crippen molar-refractivity contribution in [2.75, 3.05) is 27.8 Å². The average molecular weight is 717 g/mol. The summed E-state index contributed by atoms with van der Waals surface area (Å²) in [5, 5.41) is 32.6. The summed E-state index contributed by atoms with van der Waals surface area (Å²) in [6, 6.07) is 42.0. The second kappa shape index (κ2) is 17.4. The van der Waals surface area contributed by atoms with Gasteiger partial charge in [0.2, 0.25) is 23.8 Å². The number of aromatic nitrogens is 6. The highest BCUT2D eigenvalue weighted by molar-refractivity contribution is 5.65. The van der Waals surface area contributed by atoms with Gasteiger partial charge in [-0.1, -0.05) is 78.9 Å². The van der Waals surface area contributed by atoms with Crippen molar-refractivity contribution in [1.82, 2.24) is 29.9 Å². The molecule has 0 aliphatic rings. The first-order valence-electron chi connectivity index (χ1n) is 17.8. The second-order valence-corrected chi connectivity index (χ2v) is 12.6. The van der Waals surface area contributed by atoms with Crippen LogP contribution in [0.1, 0.15) is 34.8 Å². The van der Waals surface area contributed by atoms with Gasteiger partial charge in [-0.15, -0.1) is 0 Å². The van der Waals surface area contributed by atoms with Crippen molar-refractivity contribution in [3.63, 3.8) is 0 Å². The lowest BCUT2D eigenvalue weighted by molar-refractivity contribution is 0.474. The van der Waals surface area contributed by atoms with Crippen LogP contribution in [-0.4, -0.2) is 46.7 Å². The van der Waals surface area contributed by atoms with E-state index in [9.17, 15) is 10.2 Å². The number of phenolic OH excluding ortho intramolecular Hbond substituents is 2. The van der Waals surface area contributed by atoms with Gasteiger partial charge in [-0.2, -0.15) is 24.9 Å². The van der Waals surface area contributed by atoms with Crippen LogP contribution in [0.5, 0.6) is 11.5 Å². The molecular formula is C42H40N10O2. The van der Waals surface area contributed by atoms with Gasteiger partial charge in [0.1, 0.15) is 23.1 Å². The van der Waals surface area contributed by atoms with Gasteiger partial charge >= 0.3 is 0 Å². The number of aryl methyl sites for hydroxylation is 2. The number of anilines is 7. The van der Waals surface area contributed by atoms with Crippen molar-refractivity contribution in [3.05, 3.63) is 162 Å². The molecule has 7 rings (SSSR count). The number of aromatic hydroxyl groups is 2. The van der Waals surface area contributed by atoms with E-state index in [1.54, 1.807) is 24.3 Å². The van der Waals surface area contributed by atoms with Crippen molar-refractivity contribution in [1.29, 1.82) is 0 Å². The molecule has 5 aromatic carbocycles. The summed E-state index contributed by atoms with van der Waals surface area (Å²) in [5.41, 5.74) is 5.71. The molecule has 0 radical (unpaired) electrons. The first-order valence-corrected chi connectivity index (χ1v) is 17.8. The van der Waals surface area contributed by atoms with E-state index >= 15 is 0 Å². The molecule has 0 aliphatic carbocycles. The highest BCUT2D eigenvalue weighted by Gasteiger charge is 2.11. The van der Waals surface area contributed by atoms with Gasteiger partial charge in [0.05, 0.1) is 0 Å². The molecule has 0 unspecified atom stereocenters. The molecule has 0 bridgehead atoms. The van der Waals surface area contributed by atoms with E-state index in [0.717, 1.165) is 46.6 Å². The fourth-order valence-corrected chi connectivity index (χ4v) is 5.74. The molecule has 0 fully saturated rings. The molecular weight excluding hydrogens is 677 g/mol. The van der Waals surface area contributed by atoms with Gasteiger partial charge in [0.25, 0.3) is 0 Å². The van der Waals surface area contributed by atoms with Gasteiger partial charge in [-0.3, -0.25) is 0 Å². The molecule has 2 aromatic heterocycles. The molecule has 6 N–H and O–H groups in total. The summed E-state index contributed by atoms with van der Waals surface area (Å²) in [5.74, 6) is 3.50. The predicted octanol–water partition coefficient (Wildman–Crippen LogP) is 8.12. The van der Waals surface area contributed by atoms with E-state index in [1.165, 1.54) is 0 Å². The predicted molar refractivity (Wildman–Crippen MR) is 212 cm³/mol. The first kappa shape index (κ1) is 35.3. The van der Waals surface area contributed by atoms with Crippen LogP contribution >= 0.6 is 0 Å². The third-order valence-electron chi connectivity index (χ3n) is 8.41. The summed E-state index contributed by atoms with van der Waals surface area (Å²) < 4.78 is 0. The maximum absolute atomic E-state index is 9.64. The average Bonchev–Trinajstić information content (AvgIpc) is 3.17. The second-order valence-electron chi connectivity index (χ2n) is 12.6. The van der Waals surface area contributed by atoms with Crippen LogP contribution in [0.25, 0.3) is 0 Å². The first-order chi connectivity index (χ1) is 26.5. The zero-order valence-electron chi connectivity index (χ0n) is 29.5. The van der Waals surface area contributed by atoms with Crippen molar-refractivity contribution < 1.29 is 10.2 Å². The van der Waals surface area contributed by atoms with E-state index in [0.29, 0.717) is 61.2 Å². The molecule has 7 aromatic rings. The smallest absolute Gasteiger partial charge is 0.233 e. The molecule has 0 saturated carbocycles. The molecule has 0 saturated heterocycles. The summed E-state index contributed by atoms with van der Waals surface area (Å²) in [7, 11) is 0. The van der Waals surface area contributed by atoms with E-state index in [4.69, 9.17) is 15.0 Å². The number of hydrogen-bond donors (Lipinski definition) is 6. The molecule has 270 valence electrons. The Balaban J connectivity index is 1.08. The number of phenols is 2. The van der Waals surface area contributed by atoms with Gasteiger partial charge in [-0.05, 0) is 90.6 Å². The molecule has 12 nitrogen and oxygen atoms in total. The minimum atomic E-state index is 0.236. The highest BCUT2D eigenvalue weighted by Crippen LogP contribution is 2.23. The number of para-hydroxylation sites is 1. The standard InChI is InChI=1S/C42H40N10O2/c53-35-21-17-29(18-22-35)11-7-16-37-47-38(27-31-9-3-1-4-10-31)49-40(48-37)45-33-14-8-15-34(28-33)46-42-51-39(43-26-25-30-19-23-36(54)24-20-30)50-41(52-42)44-32-12-5-2-6-13-32/h1-6,8-10,12-15,17-24,28,53-54H,7,11,16,25-27H2,(H,45,47,48,49)(H3,43,44,46,50,51,52). The topological polar surface area (TPSA) is 166 Å². The van der Waals surface area contributed by atoms with Gasteiger partial charge in [-0.25, -0.2) is 4.98 Å². The Bertz CT molecular complexity index is 2100. The number of nitrogens with zero attached hydrogens (tertiary/aromatic N) is 6. The minimum Gasteiger partial charge on any atom is -0.508 e. The molecule has 0 amide bonds. The van der Waals surface area contributed by atoms with Crippen LogP contribution in [0.3, 0.4) is 0 Å². The molecule has 0 atom stereocenters. The van der Waals surface area contributed by atoms with E-state index in [1.807, 2.05) is 97.1 Å². The van der Waals surface area contributed by atoms with Crippen molar-refractivity contribution in [2.45, 2.75) is 32.1 Å². The third kappa shape index (κ3) is 10.5. The summed E-state index contributed by atoms with van der Waals surface area (Å²) in [4.78, 5) is 28.3. The molecule has 54 heavy (non-hydrogen) atoms. The van der Waals surface area contributed by atoms with E-state index in [-0.39, 0.29) is 11.5 Å². The van der Waals surface area contributed by atoms with Gasteiger partial charge in [0.15, 0.2) is 0 Å². The van der Waals surface area contributed by atoms with Gasteiger partial charge in [0, 0.05) is 36.4 Å². The number of nitrogens with one attached hydrogen (secondary N) is 4. The quantitative estimate of drug-likeness (QED) is 0.0570. The zero-order valence-corrected chi connectivity index (χ0v) is 29.5. The largest absolute Gasteiger partial charge is 0.508 e. The van der Waals surface area contributed by atoms with Crippen LogP contribution in [0, 0.1) is 0 Å². The third-order valence-corrected chi connectivity index (χ3v) is 8.41. The van der Waals surface area contributed by atoms with E-state index in [2.05, 4.69) is 48.4 Å².